The van der Waals surface area contributed by atoms with Gasteiger partial charge >= 0.3 is 0 Å². The number of nitrogens with zero attached hydrogens (tertiary/aromatic N) is 1. The molecule has 14 heavy (non-hydrogen) atoms. The van der Waals surface area contributed by atoms with Gasteiger partial charge in [0.15, 0.2) is 0 Å². The second-order valence-electron chi connectivity index (χ2n) is 3.96. The minimum atomic E-state index is 0.629. The molecular weight excluding hydrogens is 174 g/mol. The van der Waals surface area contributed by atoms with E-state index in [0.29, 0.717) is 5.92 Å². The monoisotopic (exact) mass is 199 g/mol. The van der Waals surface area contributed by atoms with E-state index in [2.05, 4.69) is 32.5 Å². The van der Waals surface area contributed by atoms with E-state index < -0.39 is 0 Å². The summed E-state index contributed by atoms with van der Waals surface area (Å²) in [7, 11) is 4.18. The van der Waals surface area contributed by atoms with Crippen LogP contribution in [0.3, 0.4) is 0 Å². The summed E-state index contributed by atoms with van der Waals surface area (Å²) in [5.74, 6) is 0.629. The average Bonchev–Trinajstić information content (AvgIpc) is 2.16. The van der Waals surface area contributed by atoms with E-state index in [4.69, 9.17) is 4.74 Å². The first-order valence-electron chi connectivity index (χ1n) is 5.55. The van der Waals surface area contributed by atoms with Crippen LogP contribution in [-0.4, -0.2) is 38.8 Å². The summed E-state index contributed by atoms with van der Waals surface area (Å²) in [5.41, 5.74) is 0. The first-order valence-corrected chi connectivity index (χ1v) is 5.55. The molecule has 1 atom stereocenters. The van der Waals surface area contributed by atoms with Crippen LogP contribution in [0.4, 0.5) is 0 Å². The Morgan fingerprint density at radius 2 is 2.07 bits per heavy atom. The van der Waals surface area contributed by atoms with Crippen molar-refractivity contribution in [2.24, 2.45) is 5.92 Å². The van der Waals surface area contributed by atoms with E-state index in [0.717, 1.165) is 32.6 Å². The molecule has 0 unspecified atom stereocenters. The van der Waals surface area contributed by atoms with Gasteiger partial charge in [-0.25, -0.2) is 0 Å². The van der Waals surface area contributed by atoms with Gasteiger partial charge in [-0.3, -0.25) is 0 Å². The fourth-order valence-corrected chi connectivity index (χ4v) is 1.31. The number of ether oxygens (including phenoxy) is 1. The Hall–Kier alpha value is -0.340. The van der Waals surface area contributed by atoms with E-state index in [1.807, 2.05) is 6.08 Å². The molecule has 0 aromatic rings. The van der Waals surface area contributed by atoms with Crippen molar-refractivity contribution in [3.63, 3.8) is 0 Å². The molecule has 0 aliphatic carbocycles. The molecule has 0 aromatic carbocycles. The molecule has 0 aliphatic heterocycles. The van der Waals surface area contributed by atoms with Crippen molar-refractivity contribution in [3.05, 3.63) is 12.7 Å². The molecule has 0 rings (SSSR count). The van der Waals surface area contributed by atoms with E-state index in [1.165, 1.54) is 6.42 Å². The average molecular weight is 199 g/mol. The molecule has 2 nitrogen and oxygen atoms in total. The molecule has 0 saturated carbocycles. The van der Waals surface area contributed by atoms with Gasteiger partial charge in [0.05, 0.1) is 0 Å². The minimum absolute atomic E-state index is 0.629. The quantitative estimate of drug-likeness (QED) is 0.418. The largest absolute Gasteiger partial charge is 0.381 e. The zero-order valence-corrected chi connectivity index (χ0v) is 9.96. The van der Waals surface area contributed by atoms with Crippen molar-refractivity contribution in [3.8, 4) is 0 Å². The highest BCUT2D eigenvalue weighted by Gasteiger charge is 2.00. The molecule has 0 saturated heterocycles. The van der Waals surface area contributed by atoms with Crippen molar-refractivity contribution in [1.82, 2.24) is 4.90 Å². The van der Waals surface area contributed by atoms with Crippen molar-refractivity contribution in [2.75, 3.05) is 33.9 Å². The summed E-state index contributed by atoms with van der Waals surface area (Å²) in [6.07, 6.45) is 5.44. The van der Waals surface area contributed by atoms with Crippen LogP contribution in [0.5, 0.6) is 0 Å². The highest BCUT2D eigenvalue weighted by atomic mass is 16.5. The topological polar surface area (TPSA) is 12.5 Å². The molecule has 0 aliphatic rings. The predicted octanol–water partition coefficient (Wildman–Crippen LogP) is 2.56. The minimum Gasteiger partial charge on any atom is -0.381 e. The molecule has 0 fully saturated rings. The van der Waals surface area contributed by atoms with E-state index in [1.54, 1.807) is 0 Å². The van der Waals surface area contributed by atoms with Gasteiger partial charge in [0.1, 0.15) is 0 Å². The smallest absolute Gasteiger partial charge is 0.0478 e. The molecule has 84 valence electrons. The maximum absolute atomic E-state index is 5.54. The number of hydrogen-bond acceptors (Lipinski definition) is 2. The van der Waals surface area contributed by atoms with Crippen LogP contribution in [0.25, 0.3) is 0 Å². The lowest BCUT2D eigenvalue weighted by Gasteiger charge is -2.11. The van der Waals surface area contributed by atoms with Crippen molar-refractivity contribution in [2.45, 2.75) is 26.2 Å². The zero-order chi connectivity index (χ0) is 10.8. The Bertz CT molecular complexity index is 134. The Labute approximate surface area is 88.9 Å². The van der Waals surface area contributed by atoms with Crippen LogP contribution in [0.1, 0.15) is 26.2 Å². The van der Waals surface area contributed by atoms with Crippen LogP contribution in [0.2, 0.25) is 0 Å². The van der Waals surface area contributed by atoms with Crippen LogP contribution in [0, 0.1) is 5.92 Å². The van der Waals surface area contributed by atoms with Gasteiger partial charge in [0.25, 0.3) is 0 Å². The van der Waals surface area contributed by atoms with Gasteiger partial charge in [0, 0.05) is 13.2 Å². The second kappa shape index (κ2) is 9.22. The second-order valence-corrected chi connectivity index (χ2v) is 3.96. The van der Waals surface area contributed by atoms with Gasteiger partial charge < -0.3 is 9.64 Å². The zero-order valence-electron chi connectivity index (χ0n) is 9.96. The van der Waals surface area contributed by atoms with Crippen molar-refractivity contribution >= 4 is 0 Å². The van der Waals surface area contributed by atoms with Gasteiger partial charge in [-0.05, 0) is 45.8 Å². The number of rotatable bonds is 9. The van der Waals surface area contributed by atoms with Gasteiger partial charge in [-0.1, -0.05) is 13.0 Å². The highest BCUT2D eigenvalue weighted by molar-refractivity contribution is 4.77. The fourth-order valence-electron chi connectivity index (χ4n) is 1.31. The molecule has 0 spiro atoms. The van der Waals surface area contributed by atoms with Crippen LogP contribution in [-0.2, 0) is 4.74 Å². The Morgan fingerprint density at radius 3 is 2.57 bits per heavy atom. The maximum atomic E-state index is 5.54. The maximum Gasteiger partial charge on any atom is 0.0478 e. The molecular formula is C12H25NO. The highest BCUT2D eigenvalue weighted by Crippen LogP contribution is 2.08. The number of hydrogen-bond donors (Lipinski definition) is 0. The van der Waals surface area contributed by atoms with Crippen LogP contribution >= 0.6 is 0 Å². The molecule has 0 bridgehead atoms. The van der Waals surface area contributed by atoms with E-state index >= 15 is 0 Å². The standard InChI is InChI=1S/C12H25NO/c1-5-12(6-2)8-11-14-10-7-9-13(3)4/h5,12H,1,6-11H2,2-4H3/t12-/m1/s1. The van der Waals surface area contributed by atoms with Crippen LogP contribution < -0.4 is 0 Å². The van der Waals surface area contributed by atoms with Crippen LogP contribution in [0.15, 0.2) is 12.7 Å². The van der Waals surface area contributed by atoms with Gasteiger partial charge in [-0.15, -0.1) is 6.58 Å². The molecule has 0 heterocycles. The van der Waals surface area contributed by atoms with Gasteiger partial charge in [-0.2, -0.15) is 0 Å². The lowest BCUT2D eigenvalue weighted by atomic mass is 10.0. The Kier molecular flexibility index (Phi) is 9.00. The fraction of sp³-hybridized carbons (Fsp3) is 0.833. The molecule has 2 heteroatoms. The molecule has 0 radical (unpaired) electrons. The number of allylic oxidation sites excluding steroid dienone is 1. The molecule has 0 N–H and O–H groups in total. The molecule has 0 aromatic heterocycles. The summed E-state index contributed by atoms with van der Waals surface area (Å²) in [4.78, 5) is 2.18. The lowest BCUT2D eigenvalue weighted by molar-refractivity contribution is 0.116. The summed E-state index contributed by atoms with van der Waals surface area (Å²) in [6, 6.07) is 0. The third-order valence-electron chi connectivity index (χ3n) is 2.38. The van der Waals surface area contributed by atoms with E-state index in [-0.39, 0.29) is 0 Å². The van der Waals surface area contributed by atoms with Gasteiger partial charge in [0.2, 0.25) is 0 Å². The third-order valence-corrected chi connectivity index (χ3v) is 2.38. The normalized spacial score (nSPS) is 13.1. The van der Waals surface area contributed by atoms with E-state index in [9.17, 15) is 0 Å². The summed E-state index contributed by atoms with van der Waals surface area (Å²) >= 11 is 0. The summed E-state index contributed by atoms with van der Waals surface area (Å²) in [5, 5.41) is 0. The van der Waals surface area contributed by atoms with Crippen molar-refractivity contribution < 1.29 is 4.74 Å². The van der Waals surface area contributed by atoms with Crippen molar-refractivity contribution in [1.29, 1.82) is 0 Å². The Balaban J connectivity index is 3.16. The predicted molar refractivity (Wildman–Crippen MR) is 62.6 cm³/mol. The SMILES string of the molecule is C=C[C@H](CC)CCOCCCN(C)C. The third kappa shape index (κ3) is 8.27. The Morgan fingerprint density at radius 1 is 1.36 bits per heavy atom. The lowest BCUT2D eigenvalue weighted by Crippen LogP contribution is -2.15. The molecule has 0 amide bonds. The first-order chi connectivity index (χ1) is 6.70. The first kappa shape index (κ1) is 13.7. The summed E-state index contributed by atoms with van der Waals surface area (Å²) < 4.78 is 5.54. The summed E-state index contributed by atoms with van der Waals surface area (Å²) in [6.45, 7) is 8.86.